The number of benzene rings is 1. The van der Waals surface area contributed by atoms with Gasteiger partial charge in [-0.3, -0.25) is 86.5 Å². The number of hydrogen-bond acceptors (Lipinski definition) is 19. The summed E-state index contributed by atoms with van der Waals surface area (Å²) in [6.07, 6.45) is -5.61. The lowest BCUT2D eigenvalue weighted by Crippen LogP contribution is -2.61. The molecule has 1 aromatic rings. The molecule has 0 bridgehead atoms. The van der Waals surface area contributed by atoms with Gasteiger partial charge in [-0.1, -0.05) is 46.2 Å². The number of aliphatic carboxylic acids is 4. The molecule has 12 amide bonds. The summed E-state index contributed by atoms with van der Waals surface area (Å²) in [5.74, 6) is -20.2. The van der Waals surface area contributed by atoms with Crippen molar-refractivity contribution in [1.82, 2.24) is 52.8 Å². The molecule has 92 heavy (non-hydrogen) atoms. The highest BCUT2D eigenvalue weighted by atomic mass is 31.2. The van der Waals surface area contributed by atoms with Crippen LogP contribution >= 0.6 is 7.82 Å². The molecule has 0 saturated carbocycles. The first-order valence-corrected chi connectivity index (χ1v) is 30.4. The van der Waals surface area contributed by atoms with Crippen molar-refractivity contribution in [2.24, 2.45) is 29.0 Å². The number of carboxylic acids is 4. The Labute approximate surface area is 526 Å². The Hall–Kier alpha value is -9.35. The molecule has 1 aliphatic rings. The van der Waals surface area contributed by atoms with Crippen molar-refractivity contribution >= 4 is 103 Å². The summed E-state index contributed by atoms with van der Waals surface area (Å²) >= 11 is 0. The standard InChI is InChI=1S/C54H82N13O24P/c1-6-26(4)44(54(87)67-19-7-8-37(67)53(86)62-32(14-17-39(57)69)48(81)60-31(13-16-38(56)68)47(80)58-24-43(76)77)66-52(85)34(20-25(2)3)64-50(83)35(21-28-9-11-29(12-10-28)91-92(88,89)90)65-49(82)33(15-18-40(70)71)61-51(84)36(23-42(74)75)63-45(78)27(5)59-46(79)30(55)22-41(72)73/h9-12,25-27,30-37,44H,6-8,13-24,55H2,1-5H3,(H2,56,68)(H2,57,69)(H,58,80)(H,59,79)(H,60,81)(H,61,84)(H,62,86)(H,63,78)(H,64,83)(H,65,82)(H,66,85)(H,70,71)(H,72,73)(H,74,75)(H,76,77)(H2,88,89,90)/t26-,27-,30-,31-,32-,33-,34-,35-,36-,37-,44-/m0/s1. The normalized spacial score (nSPS) is 16.1. The number of carbonyl (C=O) groups is 16. The summed E-state index contributed by atoms with van der Waals surface area (Å²) < 4.78 is 16.2. The number of primary amides is 2. The number of rotatable bonds is 41. The van der Waals surface area contributed by atoms with Crippen LogP contribution in [-0.2, 0) is 87.7 Å². The topological polar surface area (TPSA) is 610 Å². The number of nitrogens with two attached hydrogens (primary N) is 3. The average molecular weight is 1330 g/mol. The predicted molar refractivity (Wildman–Crippen MR) is 314 cm³/mol. The van der Waals surface area contributed by atoms with E-state index in [1.807, 2.05) is 0 Å². The zero-order valence-electron chi connectivity index (χ0n) is 51.0. The molecule has 2 rings (SSSR count). The number of carboxylic acid groups (broad SMARTS) is 4. The first-order valence-electron chi connectivity index (χ1n) is 28.9. The van der Waals surface area contributed by atoms with Crippen LogP contribution < -0.4 is 69.6 Å². The number of nitrogens with zero attached hydrogens (tertiary/aromatic N) is 1. The van der Waals surface area contributed by atoms with Crippen LogP contribution in [0.5, 0.6) is 5.75 Å². The third kappa shape index (κ3) is 28.6. The van der Waals surface area contributed by atoms with Crippen molar-refractivity contribution in [3.05, 3.63) is 29.8 Å². The van der Waals surface area contributed by atoms with Gasteiger partial charge in [0.15, 0.2) is 0 Å². The van der Waals surface area contributed by atoms with Crippen LogP contribution in [0.2, 0.25) is 0 Å². The molecule has 0 radical (unpaired) electrons. The van der Waals surface area contributed by atoms with E-state index < -0.39 is 239 Å². The molecule has 1 aromatic carbocycles. The van der Waals surface area contributed by atoms with Gasteiger partial charge in [-0.2, -0.15) is 0 Å². The van der Waals surface area contributed by atoms with Crippen molar-refractivity contribution in [3.8, 4) is 5.75 Å². The molecule has 512 valence electrons. The Balaban J connectivity index is 2.59. The lowest BCUT2D eigenvalue weighted by atomic mass is 9.95. The summed E-state index contributed by atoms with van der Waals surface area (Å²) in [6, 6.07) is -11.8. The van der Waals surface area contributed by atoms with Crippen LogP contribution in [0.25, 0.3) is 0 Å². The Morgan fingerprint density at radius 3 is 1.55 bits per heavy atom. The largest absolute Gasteiger partial charge is 0.524 e. The highest BCUT2D eigenvalue weighted by Gasteiger charge is 2.42. The molecule has 1 saturated heterocycles. The van der Waals surface area contributed by atoms with Crippen LogP contribution in [-0.4, -0.2) is 203 Å². The monoisotopic (exact) mass is 1330 g/mol. The van der Waals surface area contributed by atoms with Gasteiger partial charge >= 0.3 is 31.7 Å². The van der Waals surface area contributed by atoms with Gasteiger partial charge in [0.25, 0.3) is 0 Å². The molecule has 0 spiro atoms. The van der Waals surface area contributed by atoms with Crippen LogP contribution in [0.4, 0.5) is 0 Å². The maximum absolute atomic E-state index is 14.7. The highest BCUT2D eigenvalue weighted by molar-refractivity contribution is 7.46. The van der Waals surface area contributed by atoms with E-state index in [1.165, 1.54) is 12.1 Å². The van der Waals surface area contributed by atoms with Gasteiger partial charge in [0, 0.05) is 32.2 Å². The summed E-state index contributed by atoms with van der Waals surface area (Å²) in [6.45, 7) is 6.74. The Kier molecular flexibility index (Phi) is 32.3. The van der Waals surface area contributed by atoms with Crippen molar-refractivity contribution in [3.63, 3.8) is 0 Å². The van der Waals surface area contributed by atoms with Gasteiger partial charge in [0.2, 0.25) is 70.9 Å². The fourth-order valence-corrected chi connectivity index (χ4v) is 9.42. The number of amides is 12. The van der Waals surface area contributed by atoms with Gasteiger partial charge < -0.3 is 94.9 Å². The second-order valence-corrected chi connectivity index (χ2v) is 23.2. The molecule has 38 heteroatoms. The second-order valence-electron chi connectivity index (χ2n) is 22.1. The molecule has 0 aliphatic carbocycles. The summed E-state index contributed by atoms with van der Waals surface area (Å²) in [5, 5.41) is 58.2. The Morgan fingerprint density at radius 1 is 0.576 bits per heavy atom. The molecular weight excluding hydrogens is 1250 g/mol. The van der Waals surface area contributed by atoms with Crippen LogP contribution in [0.1, 0.15) is 117 Å². The van der Waals surface area contributed by atoms with E-state index in [2.05, 4.69) is 52.4 Å². The number of phosphoric acid groups is 1. The first kappa shape index (κ1) is 78.7. The molecular formula is C54H82N13O24P. The van der Waals surface area contributed by atoms with Crippen molar-refractivity contribution < 1.29 is 116 Å². The molecule has 37 nitrogen and oxygen atoms in total. The Bertz CT molecular complexity index is 2930. The van der Waals surface area contributed by atoms with Gasteiger partial charge in [-0.05, 0) is 75.0 Å². The third-order valence-corrected chi connectivity index (χ3v) is 14.4. The average Bonchev–Trinajstić information content (AvgIpc) is 1.61. The minimum atomic E-state index is -5.08. The number of hydrogen-bond donors (Lipinski definition) is 18. The maximum atomic E-state index is 14.7. The van der Waals surface area contributed by atoms with E-state index in [9.17, 15) is 101 Å². The lowest BCUT2D eigenvalue weighted by molar-refractivity contribution is -0.144. The predicted octanol–water partition coefficient (Wildman–Crippen LogP) is -5.44. The van der Waals surface area contributed by atoms with E-state index in [0.29, 0.717) is 0 Å². The van der Waals surface area contributed by atoms with Crippen molar-refractivity contribution in [2.75, 3.05) is 13.1 Å². The minimum Gasteiger partial charge on any atom is -0.481 e. The summed E-state index contributed by atoms with van der Waals surface area (Å²) in [4.78, 5) is 228. The number of nitrogens with one attached hydrogen (secondary N) is 9. The molecule has 0 aromatic heterocycles. The molecule has 21 N–H and O–H groups in total. The van der Waals surface area contributed by atoms with Crippen LogP contribution in [0, 0.1) is 11.8 Å². The Morgan fingerprint density at radius 2 is 1.05 bits per heavy atom. The maximum Gasteiger partial charge on any atom is 0.524 e. The zero-order valence-corrected chi connectivity index (χ0v) is 51.9. The minimum absolute atomic E-state index is 0.00947. The van der Waals surface area contributed by atoms with E-state index in [4.69, 9.17) is 27.4 Å². The van der Waals surface area contributed by atoms with Crippen molar-refractivity contribution in [1.29, 1.82) is 0 Å². The van der Waals surface area contributed by atoms with Crippen LogP contribution in [0.15, 0.2) is 24.3 Å². The molecule has 1 aliphatic heterocycles. The SMILES string of the molecule is CC[C@H](C)[C@H](NC(=O)[C@H](CC(C)C)NC(=O)[C@H](Cc1ccc(OP(=O)(O)O)cc1)NC(=O)[C@H](CCC(=O)O)NC(=O)[C@H](CC(=O)O)NC(=O)[C@H](C)NC(=O)[C@@H](N)CC(=O)O)C(=O)N1CCC[C@H]1C(=O)N[C@@H](CCC(N)=O)C(=O)N[C@@H](CCC(N)=O)C(=O)NCC(=O)O. The first-order chi connectivity index (χ1) is 42.8. The van der Waals surface area contributed by atoms with E-state index in [0.717, 1.165) is 24.0 Å². The molecule has 1 heterocycles. The van der Waals surface area contributed by atoms with E-state index in [-0.39, 0.29) is 43.5 Å². The third-order valence-electron chi connectivity index (χ3n) is 14.0. The fourth-order valence-electron chi connectivity index (χ4n) is 9.03. The zero-order chi connectivity index (χ0) is 69.9. The van der Waals surface area contributed by atoms with E-state index in [1.54, 1.807) is 27.7 Å². The number of carbonyl (C=O) groups excluding carboxylic acids is 12. The molecule has 1 fully saturated rings. The van der Waals surface area contributed by atoms with Gasteiger partial charge in [-0.15, -0.1) is 0 Å². The lowest BCUT2D eigenvalue weighted by Gasteiger charge is -2.33. The number of phosphoric ester groups is 1. The smallest absolute Gasteiger partial charge is 0.481 e. The summed E-state index contributed by atoms with van der Waals surface area (Å²) in [5.41, 5.74) is 16.3. The quantitative estimate of drug-likeness (QED) is 0.0272. The second kappa shape index (κ2) is 37.7. The highest BCUT2D eigenvalue weighted by Crippen LogP contribution is 2.37. The van der Waals surface area contributed by atoms with Crippen molar-refractivity contribution in [2.45, 2.75) is 179 Å². The fraction of sp³-hybridized carbons (Fsp3) is 0.593. The van der Waals surface area contributed by atoms with Crippen LogP contribution in [0.3, 0.4) is 0 Å². The summed E-state index contributed by atoms with van der Waals surface area (Å²) in [7, 11) is -5.08. The molecule has 11 atom stereocenters. The van der Waals surface area contributed by atoms with Gasteiger partial charge in [0.05, 0.1) is 18.9 Å². The van der Waals surface area contributed by atoms with E-state index >= 15 is 0 Å². The number of likely N-dealkylation sites (tertiary alicyclic amines) is 1. The molecule has 0 unspecified atom stereocenters. The van der Waals surface area contributed by atoms with Gasteiger partial charge in [-0.25, -0.2) is 4.57 Å². The van der Waals surface area contributed by atoms with Gasteiger partial charge in [0.1, 0.15) is 66.7 Å².